The first kappa shape index (κ1) is 54.6. The first-order valence-corrected chi connectivity index (χ1v) is 19.8. The van der Waals surface area contributed by atoms with E-state index in [-0.39, 0.29) is 171 Å². The molecule has 2 amide bonds. The monoisotopic (exact) mass is 930 g/mol. The zero-order chi connectivity index (χ0) is 39.8. The van der Waals surface area contributed by atoms with Crippen molar-refractivity contribution in [3.8, 4) is 11.4 Å². The second-order valence-electron chi connectivity index (χ2n) is 13.1. The molecule has 0 radical (unpaired) electrons. The molecule has 0 spiro atoms. The number of nitrogens with zero attached hydrogens (tertiary/aromatic N) is 6. The number of urea groups is 1. The standard InChI is InChI=1S/C34H40N8O10S3.3K/c1-6-41(15-7-8-16-55(46,47)48)25-13-14-28(21(2)17-25)37-29-30(34(3,4)5)39-42-32(29)38-31(40-42)22-9-11-23(12-10-22)35-33(43)36-24-18-26(53-51-49-44)20-27(19-24)54-52-50-45;;;/h9-14,17-20,44-45H,6-8,15-16H2,1-5H3,(H2,35,36,43)(H,46,47,48);;;/q;3*+1/p-3. The molecule has 24 heteroatoms. The van der Waals surface area contributed by atoms with Crippen LogP contribution < -0.4 is 180 Å². The predicted octanol–water partition coefficient (Wildman–Crippen LogP) is -4.09. The van der Waals surface area contributed by atoms with Gasteiger partial charge in [0.05, 0.1) is 45.6 Å². The summed E-state index contributed by atoms with van der Waals surface area (Å²) in [5.74, 6) is 0.507. The average Bonchev–Trinajstić information content (AvgIpc) is 3.70. The summed E-state index contributed by atoms with van der Waals surface area (Å²) in [6.45, 7) is 11.4. The summed E-state index contributed by atoms with van der Waals surface area (Å²) < 4.78 is 41.6. The molecule has 58 heavy (non-hydrogen) atoms. The smallest absolute Gasteiger partial charge is 0.748 e. The van der Waals surface area contributed by atoms with E-state index in [1.807, 2.05) is 52.8 Å². The van der Waals surface area contributed by atoms with E-state index < -0.39 is 16.1 Å². The summed E-state index contributed by atoms with van der Waals surface area (Å²) in [7, 11) is -4.23. The van der Waals surface area contributed by atoms with Crippen LogP contribution in [-0.4, -0.2) is 64.1 Å². The van der Waals surface area contributed by atoms with Crippen molar-refractivity contribution in [1.29, 1.82) is 0 Å². The fraction of sp³-hybridized carbons (Fsp3) is 0.324. The van der Waals surface area contributed by atoms with E-state index in [0.29, 0.717) is 88.4 Å². The van der Waals surface area contributed by atoms with Crippen LogP contribution in [0.3, 0.4) is 0 Å². The van der Waals surface area contributed by atoms with Gasteiger partial charge in [-0.15, -0.1) is 9.89 Å². The fourth-order valence-corrected chi connectivity index (χ4v) is 7.02. The van der Waals surface area contributed by atoms with E-state index in [1.165, 1.54) is 23.0 Å². The van der Waals surface area contributed by atoms with E-state index in [2.05, 4.69) is 39.4 Å². The summed E-state index contributed by atoms with van der Waals surface area (Å²) >= 11 is 1.17. The molecular weight excluding hydrogens is 894 g/mol. The van der Waals surface area contributed by atoms with Crippen LogP contribution in [0, 0.1) is 12.3 Å². The Balaban J connectivity index is 0.00000387. The molecule has 2 heterocycles. The maximum Gasteiger partial charge on any atom is 1.00 e. The second kappa shape index (κ2) is 25.7. The minimum Gasteiger partial charge on any atom is -0.748 e. The van der Waals surface area contributed by atoms with Crippen LogP contribution in [-0.2, 0) is 28.9 Å². The van der Waals surface area contributed by atoms with Crippen LogP contribution >= 0.6 is 24.1 Å². The zero-order valence-electron chi connectivity index (χ0n) is 33.3. The first-order chi connectivity index (χ1) is 26.2. The van der Waals surface area contributed by atoms with E-state index in [0.717, 1.165) is 22.6 Å². The molecule has 0 unspecified atom stereocenters. The number of anilines is 3. The van der Waals surface area contributed by atoms with Crippen LogP contribution in [0.2, 0.25) is 0 Å². The number of benzene rings is 3. The van der Waals surface area contributed by atoms with Gasteiger partial charge in [0.2, 0.25) is 5.82 Å². The van der Waals surface area contributed by atoms with Gasteiger partial charge in [0.15, 0.2) is 5.82 Å². The molecule has 0 fully saturated rings. The summed E-state index contributed by atoms with van der Waals surface area (Å²) in [6.07, 6.45) is 0.876. The van der Waals surface area contributed by atoms with Gasteiger partial charge in [-0.1, -0.05) is 20.8 Å². The van der Waals surface area contributed by atoms with Gasteiger partial charge in [0.1, 0.15) is 5.71 Å². The van der Waals surface area contributed by atoms with E-state index in [1.54, 1.807) is 24.3 Å². The van der Waals surface area contributed by atoms with Crippen molar-refractivity contribution in [3.63, 3.8) is 0 Å². The fourth-order valence-electron chi connectivity index (χ4n) is 5.48. The number of aliphatic imine (C=N–C) groups is 1. The number of aromatic nitrogens is 3. The summed E-state index contributed by atoms with van der Waals surface area (Å²) in [6, 6.07) is 16.7. The number of aryl methyl sites for hydroxylation is 1. The van der Waals surface area contributed by atoms with Crippen molar-refractivity contribution < 1.29 is 201 Å². The van der Waals surface area contributed by atoms with E-state index in [4.69, 9.17) is 15.1 Å². The Morgan fingerprint density at radius 3 is 2.09 bits per heavy atom. The molecule has 0 atom stereocenters. The molecule has 1 aliphatic heterocycles. The number of carbonyl (C=O) groups excluding carboxylic acids is 1. The SMILES string of the molecule is CCN(CCCCS(=O)(=O)[O-])c1ccc(N=C2C(C(C)(C)C)=Nn3nc(-c4ccc(NC(=O)Nc5cc(SOO[O-])cc(SOO[O-])c5)cc4)nc32)c(C)c1.[K+].[K+].[K+]. The Labute approximate surface area is 472 Å². The molecule has 3 aromatic carbocycles. The molecule has 1 aromatic heterocycles. The first-order valence-electron chi connectivity index (χ1n) is 16.7. The van der Waals surface area contributed by atoms with Crippen molar-refractivity contribution in [2.45, 2.75) is 57.3 Å². The molecule has 2 N–H and O–H groups in total. The Kier molecular flexibility index (Phi) is 24.2. The quantitative estimate of drug-likeness (QED) is 0.0256. The number of rotatable bonds is 17. The van der Waals surface area contributed by atoms with Crippen LogP contribution in [0.4, 0.5) is 27.5 Å². The van der Waals surface area contributed by atoms with Crippen LogP contribution in [0.1, 0.15) is 51.9 Å². The molecule has 5 rings (SSSR count). The minimum atomic E-state index is -4.23. The summed E-state index contributed by atoms with van der Waals surface area (Å²) in [5, 5.41) is 42.0. The number of hydrogen-bond acceptors (Lipinski definition) is 17. The topological polar surface area (TPSA) is 240 Å². The average molecular weight is 931 g/mol. The molecule has 0 saturated heterocycles. The van der Waals surface area contributed by atoms with Gasteiger partial charge in [0.25, 0.3) is 0 Å². The molecule has 4 aromatic rings. The molecule has 0 aliphatic carbocycles. The van der Waals surface area contributed by atoms with Gasteiger partial charge in [-0.2, -0.15) is 13.8 Å². The Hall–Kier alpha value is 0.489. The maximum atomic E-state index is 12.8. The van der Waals surface area contributed by atoms with Gasteiger partial charge < -0.3 is 30.6 Å². The second-order valence-corrected chi connectivity index (χ2v) is 16.2. The third-order valence-electron chi connectivity index (χ3n) is 8.02. The van der Waals surface area contributed by atoms with Gasteiger partial charge >= 0.3 is 160 Å². The summed E-state index contributed by atoms with van der Waals surface area (Å²) in [5.41, 5.74) is 4.96. The largest absolute Gasteiger partial charge is 1.00 e. The Bertz CT molecular complexity index is 2150. The molecule has 1 aliphatic rings. The summed E-state index contributed by atoms with van der Waals surface area (Å²) in [4.78, 5) is 27.0. The minimum absolute atomic E-state index is 0. The number of unbranched alkanes of at least 4 members (excludes halogenated alkanes) is 1. The number of fused-ring (bicyclic) bond motifs is 1. The normalized spacial score (nSPS) is 12.8. The number of nitrogens with one attached hydrogen (secondary N) is 2. The predicted molar refractivity (Wildman–Crippen MR) is 202 cm³/mol. The van der Waals surface area contributed by atoms with Crippen molar-refractivity contribution in [2.75, 3.05) is 34.4 Å². The Morgan fingerprint density at radius 2 is 1.53 bits per heavy atom. The van der Waals surface area contributed by atoms with Crippen LogP contribution in [0.5, 0.6) is 0 Å². The molecular formula is C34H37K3N8O10S3. The van der Waals surface area contributed by atoms with Gasteiger partial charge in [-0.05, 0) is 92.9 Å². The van der Waals surface area contributed by atoms with Gasteiger partial charge in [0, 0.05) is 56.7 Å². The number of carbonyl (C=O) groups is 1. The van der Waals surface area contributed by atoms with Crippen molar-refractivity contribution >= 4 is 74.4 Å². The van der Waals surface area contributed by atoms with Gasteiger partial charge in [-0.25, -0.2) is 23.2 Å². The van der Waals surface area contributed by atoms with Crippen molar-refractivity contribution in [2.24, 2.45) is 15.5 Å². The molecule has 0 saturated carbocycles. The Morgan fingerprint density at radius 1 is 0.914 bits per heavy atom. The number of amides is 2. The van der Waals surface area contributed by atoms with E-state index >= 15 is 0 Å². The van der Waals surface area contributed by atoms with Gasteiger partial charge in [-0.3, -0.25) is 10.1 Å². The zero-order valence-corrected chi connectivity index (χ0v) is 45.1. The van der Waals surface area contributed by atoms with Crippen LogP contribution in [0.15, 0.2) is 80.5 Å². The van der Waals surface area contributed by atoms with Crippen LogP contribution in [0.25, 0.3) is 11.4 Å². The van der Waals surface area contributed by atoms with Crippen molar-refractivity contribution in [1.82, 2.24) is 14.9 Å². The third-order valence-corrected chi connectivity index (χ3v) is 9.91. The molecule has 0 bridgehead atoms. The number of hydrogen-bond donors (Lipinski definition) is 2. The maximum absolute atomic E-state index is 12.8. The molecule has 18 nitrogen and oxygen atoms in total. The third kappa shape index (κ3) is 16.2. The molecule has 294 valence electrons. The van der Waals surface area contributed by atoms with E-state index in [9.17, 15) is 28.3 Å². The van der Waals surface area contributed by atoms with Crippen molar-refractivity contribution in [3.05, 3.63) is 72.1 Å².